The summed E-state index contributed by atoms with van der Waals surface area (Å²) in [6, 6.07) is 8.03. The second kappa shape index (κ2) is 6.31. The number of nitrogens with two attached hydrogens (primary N) is 1. The van der Waals surface area contributed by atoms with Gasteiger partial charge in [0.25, 0.3) is 5.69 Å². The fourth-order valence-corrected chi connectivity index (χ4v) is 3.36. The van der Waals surface area contributed by atoms with Crippen LogP contribution in [0.25, 0.3) is 0 Å². The lowest BCUT2D eigenvalue weighted by Crippen LogP contribution is -2.04. The summed E-state index contributed by atoms with van der Waals surface area (Å²) < 4.78 is 26.0. The molecule has 1 atom stereocenters. The number of nitro groups is 1. The molecule has 0 amide bonds. The number of hydrogen-bond acceptors (Lipinski definition) is 4. The molecule has 110 valence electrons. The van der Waals surface area contributed by atoms with E-state index in [9.17, 15) is 18.7 Å². The summed E-state index contributed by atoms with van der Waals surface area (Å²) >= 11 is 3.15. The highest BCUT2D eigenvalue weighted by Gasteiger charge is 2.18. The van der Waals surface area contributed by atoms with Crippen LogP contribution in [0.3, 0.4) is 0 Å². The Hall–Kier alpha value is -1.80. The van der Waals surface area contributed by atoms with Crippen molar-refractivity contribution in [3.8, 4) is 0 Å². The van der Waals surface area contributed by atoms with Crippen LogP contribution in [0, 0.1) is 15.9 Å². The molecule has 0 bridgehead atoms. The summed E-state index contributed by atoms with van der Waals surface area (Å²) in [5, 5.41) is 11.0. The molecule has 0 aromatic heterocycles. The molecule has 0 saturated heterocycles. The first-order chi connectivity index (χ1) is 9.88. The Balaban J connectivity index is 2.36. The molecular weight excluding hydrogens is 363 g/mol. The number of benzene rings is 2. The minimum Gasteiger partial charge on any atom is -0.398 e. The van der Waals surface area contributed by atoms with Crippen LogP contribution in [0.15, 0.2) is 45.8 Å². The number of halogens is 2. The maximum atomic E-state index is 13.2. The first-order valence-corrected chi connectivity index (χ1v) is 7.86. The summed E-state index contributed by atoms with van der Waals surface area (Å²) in [5.74, 6) is -0.671. The second-order valence-electron chi connectivity index (χ2n) is 4.20. The average molecular weight is 373 g/mol. The maximum absolute atomic E-state index is 13.2. The highest BCUT2D eigenvalue weighted by Crippen LogP contribution is 2.27. The van der Waals surface area contributed by atoms with Gasteiger partial charge in [-0.1, -0.05) is 22.0 Å². The molecule has 0 saturated carbocycles. The quantitative estimate of drug-likeness (QED) is 0.506. The van der Waals surface area contributed by atoms with Gasteiger partial charge in [0, 0.05) is 21.8 Å². The number of nitrogens with zero attached hydrogens (tertiary/aromatic N) is 1. The molecule has 0 aliphatic heterocycles. The lowest BCUT2D eigenvalue weighted by atomic mass is 10.2. The van der Waals surface area contributed by atoms with Crippen LogP contribution in [0.5, 0.6) is 0 Å². The van der Waals surface area contributed by atoms with Crippen molar-refractivity contribution < 1.29 is 13.5 Å². The van der Waals surface area contributed by atoms with E-state index < -0.39 is 21.5 Å². The van der Waals surface area contributed by atoms with E-state index in [0.717, 1.165) is 12.1 Å². The van der Waals surface area contributed by atoms with Crippen molar-refractivity contribution in [1.82, 2.24) is 0 Å². The van der Waals surface area contributed by atoms with Gasteiger partial charge in [-0.05, 0) is 24.3 Å². The summed E-state index contributed by atoms with van der Waals surface area (Å²) in [6.07, 6.45) is 0. The van der Waals surface area contributed by atoms with Crippen molar-refractivity contribution >= 4 is 38.1 Å². The predicted octanol–water partition coefficient (Wildman–Crippen LogP) is 3.39. The molecule has 0 spiro atoms. The van der Waals surface area contributed by atoms with Gasteiger partial charge < -0.3 is 5.73 Å². The van der Waals surface area contributed by atoms with Crippen LogP contribution in [0.1, 0.15) is 5.56 Å². The highest BCUT2D eigenvalue weighted by molar-refractivity contribution is 9.10. The Kier molecular flexibility index (Phi) is 4.69. The third-order valence-corrected chi connectivity index (χ3v) is 4.66. The van der Waals surface area contributed by atoms with E-state index in [0.29, 0.717) is 10.0 Å². The molecule has 21 heavy (non-hydrogen) atoms. The Morgan fingerprint density at radius 2 is 2.00 bits per heavy atom. The zero-order chi connectivity index (χ0) is 15.6. The molecule has 2 rings (SSSR count). The van der Waals surface area contributed by atoms with E-state index in [4.69, 9.17) is 5.73 Å². The van der Waals surface area contributed by atoms with Crippen molar-refractivity contribution in [2.45, 2.75) is 10.6 Å². The van der Waals surface area contributed by atoms with Crippen LogP contribution in [-0.2, 0) is 16.6 Å². The normalized spacial score (nSPS) is 12.1. The van der Waals surface area contributed by atoms with Crippen molar-refractivity contribution in [3.05, 3.63) is 62.4 Å². The number of hydrogen-bond donors (Lipinski definition) is 1. The standard InChI is InChI=1S/C13H10BrFN2O3S/c14-9-2-1-8(12(5-9)17(18)19)7-21(20)13-6-10(15)3-4-11(13)16/h1-6H,7,16H2. The molecule has 0 radical (unpaired) electrons. The van der Waals surface area contributed by atoms with Crippen LogP contribution < -0.4 is 5.73 Å². The van der Waals surface area contributed by atoms with Gasteiger partial charge in [-0.15, -0.1) is 0 Å². The number of anilines is 1. The topological polar surface area (TPSA) is 86.2 Å². The van der Waals surface area contributed by atoms with E-state index in [2.05, 4.69) is 15.9 Å². The summed E-state index contributed by atoms with van der Waals surface area (Å²) in [4.78, 5) is 10.6. The third kappa shape index (κ3) is 3.64. The van der Waals surface area contributed by atoms with Crippen LogP contribution >= 0.6 is 15.9 Å². The van der Waals surface area contributed by atoms with E-state index in [1.807, 2.05) is 0 Å². The van der Waals surface area contributed by atoms with Gasteiger partial charge in [-0.2, -0.15) is 0 Å². The summed E-state index contributed by atoms with van der Waals surface area (Å²) in [6.45, 7) is 0. The van der Waals surface area contributed by atoms with Crippen LogP contribution in [-0.4, -0.2) is 9.13 Å². The molecule has 2 aromatic carbocycles. The van der Waals surface area contributed by atoms with Gasteiger partial charge in [0.05, 0.1) is 26.4 Å². The summed E-state index contributed by atoms with van der Waals surface area (Å²) in [5.41, 5.74) is 6.01. The zero-order valence-corrected chi connectivity index (χ0v) is 13.0. The molecule has 2 aromatic rings. The fourth-order valence-electron chi connectivity index (χ4n) is 1.75. The molecule has 5 nitrogen and oxygen atoms in total. The lowest BCUT2D eigenvalue weighted by molar-refractivity contribution is -0.385. The first-order valence-electron chi connectivity index (χ1n) is 5.74. The zero-order valence-electron chi connectivity index (χ0n) is 10.6. The minimum absolute atomic E-state index is 0.114. The number of nitrogen functional groups attached to an aromatic ring is 1. The Bertz CT molecular complexity index is 739. The van der Waals surface area contributed by atoms with Gasteiger partial charge in [-0.3, -0.25) is 14.3 Å². The van der Waals surface area contributed by atoms with Gasteiger partial charge in [0.2, 0.25) is 0 Å². The van der Waals surface area contributed by atoms with E-state index in [1.165, 1.54) is 18.2 Å². The van der Waals surface area contributed by atoms with Crippen LogP contribution in [0.2, 0.25) is 0 Å². The number of rotatable bonds is 4. The van der Waals surface area contributed by atoms with Gasteiger partial charge >= 0.3 is 0 Å². The molecule has 0 aliphatic carbocycles. The monoisotopic (exact) mass is 372 g/mol. The van der Waals surface area contributed by atoms with Crippen LogP contribution in [0.4, 0.5) is 15.8 Å². The largest absolute Gasteiger partial charge is 0.398 e. The predicted molar refractivity (Wildman–Crippen MR) is 81.7 cm³/mol. The first kappa shape index (κ1) is 15.6. The summed E-state index contributed by atoms with van der Waals surface area (Å²) in [7, 11) is -1.67. The second-order valence-corrected chi connectivity index (χ2v) is 6.54. The van der Waals surface area contributed by atoms with Gasteiger partial charge in [0.1, 0.15) is 5.82 Å². The minimum atomic E-state index is -1.67. The molecule has 1 unspecified atom stereocenters. The smallest absolute Gasteiger partial charge is 0.274 e. The van der Waals surface area contributed by atoms with Gasteiger partial charge in [0.15, 0.2) is 0 Å². The Morgan fingerprint density at radius 3 is 2.67 bits per heavy atom. The molecular formula is C13H10BrFN2O3S. The molecule has 0 heterocycles. The van der Waals surface area contributed by atoms with Gasteiger partial charge in [-0.25, -0.2) is 4.39 Å². The van der Waals surface area contributed by atoms with Crippen molar-refractivity contribution in [3.63, 3.8) is 0 Å². The average Bonchev–Trinajstić information content (AvgIpc) is 2.43. The SMILES string of the molecule is Nc1ccc(F)cc1S(=O)Cc1ccc(Br)cc1[N+](=O)[O-]. The lowest BCUT2D eigenvalue weighted by Gasteiger charge is -2.07. The molecule has 8 heteroatoms. The Morgan fingerprint density at radius 1 is 1.29 bits per heavy atom. The van der Waals surface area contributed by atoms with Crippen molar-refractivity contribution in [2.75, 3.05) is 5.73 Å². The van der Waals surface area contributed by atoms with E-state index >= 15 is 0 Å². The van der Waals surface area contributed by atoms with E-state index in [-0.39, 0.29) is 22.0 Å². The maximum Gasteiger partial charge on any atom is 0.274 e. The molecule has 0 fully saturated rings. The number of nitro benzene ring substituents is 1. The molecule has 0 aliphatic rings. The fraction of sp³-hybridized carbons (Fsp3) is 0.0769. The van der Waals surface area contributed by atoms with Crippen molar-refractivity contribution in [2.24, 2.45) is 0 Å². The molecule has 2 N–H and O–H groups in total. The van der Waals surface area contributed by atoms with E-state index in [1.54, 1.807) is 6.07 Å². The van der Waals surface area contributed by atoms with Crippen molar-refractivity contribution in [1.29, 1.82) is 0 Å². The third-order valence-electron chi connectivity index (χ3n) is 2.75. The Labute approximate surface area is 130 Å². The highest BCUT2D eigenvalue weighted by atomic mass is 79.9.